The van der Waals surface area contributed by atoms with Crippen molar-refractivity contribution in [3.8, 4) is 11.5 Å². The highest BCUT2D eigenvalue weighted by atomic mass is 16.5. The third-order valence-corrected chi connectivity index (χ3v) is 5.04. The molecule has 28 heavy (non-hydrogen) atoms. The maximum absolute atomic E-state index is 12.6. The third-order valence-electron chi connectivity index (χ3n) is 5.04. The van der Waals surface area contributed by atoms with Crippen molar-refractivity contribution in [2.75, 3.05) is 20.3 Å². The molecule has 7 heteroatoms. The summed E-state index contributed by atoms with van der Waals surface area (Å²) >= 11 is 0. The first-order valence-corrected chi connectivity index (χ1v) is 9.26. The molecule has 1 aliphatic heterocycles. The molecule has 7 nitrogen and oxygen atoms in total. The van der Waals surface area contributed by atoms with Crippen molar-refractivity contribution in [2.24, 2.45) is 0 Å². The molecule has 1 aliphatic rings. The van der Waals surface area contributed by atoms with Crippen LogP contribution in [0.4, 0.5) is 0 Å². The molecule has 2 aromatic rings. The Hall–Kier alpha value is -2.80. The van der Waals surface area contributed by atoms with Crippen LogP contribution in [0.2, 0.25) is 0 Å². The lowest BCUT2D eigenvalue weighted by atomic mass is 10.1. The van der Waals surface area contributed by atoms with E-state index < -0.39 is 12.6 Å². The normalized spacial score (nSPS) is 16.2. The predicted octanol–water partition coefficient (Wildman–Crippen LogP) is 3.04. The van der Waals surface area contributed by atoms with Gasteiger partial charge in [0.15, 0.2) is 6.61 Å². The van der Waals surface area contributed by atoms with Crippen molar-refractivity contribution in [3.63, 3.8) is 0 Å². The third kappa shape index (κ3) is 4.20. The second kappa shape index (κ2) is 8.48. The number of benzene rings is 1. The summed E-state index contributed by atoms with van der Waals surface area (Å²) in [5, 5.41) is 9.85. The topological polar surface area (TPSA) is 87.0 Å². The van der Waals surface area contributed by atoms with Crippen LogP contribution in [-0.2, 0) is 16.0 Å². The number of aromatic hydroxyl groups is 1. The maximum Gasteiger partial charge on any atom is 0.342 e. The van der Waals surface area contributed by atoms with Crippen LogP contribution in [0.3, 0.4) is 0 Å². The van der Waals surface area contributed by atoms with Crippen LogP contribution in [0.1, 0.15) is 44.9 Å². The first-order valence-electron chi connectivity index (χ1n) is 9.26. The lowest BCUT2D eigenvalue weighted by Crippen LogP contribution is -2.18. The van der Waals surface area contributed by atoms with E-state index in [1.165, 1.54) is 25.3 Å². The molecule has 1 saturated heterocycles. The molecular formula is C21H25NO6. The average Bonchev–Trinajstić information content (AvgIpc) is 3.30. The Kier molecular flexibility index (Phi) is 6.04. The molecule has 0 amide bonds. The van der Waals surface area contributed by atoms with Crippen LogP contribution in [0.25, 0.3) is 0 Å². The Bertz CT molecular complexity index is 879. The quantitative estimate of drug-likeness (QED) is 0.580. The van der Waals surface area contributed by atoms with Gasteiger partial charge in [0.1, 0.15) is 17.1 Å². The summed E-state index contributed by atoms with van der Waals surface area (Å²) in [6, 6.07) is 6.05. The van der Waals surface area contributed by atoms with Crippen molar-refractivity contribution in [2.45, 2.75) is 39.3 Å². The first-order chi connectivity index (χ1) is 13.4. The molecule has 1 aromatic carbocycles. The van der Waals surface area contributed by atoms with Crippen molar-refractivity contribution in [1.82, 2.24) is 4.57 Å². The molecule has 1 N–H and O–H groups in total. The van der Waals surface area contributed by atoms with E-state index in [0.29, 0.717) is 17.9 Å². The Labute approximate surface area is 163 Å². The van der Waals surface area contributed by atoms with Gasteiger partial charge in [-0.05, 0) is 51.0 Å². The average molecular weight is 387 g/mol. The van der Waals surface area contributed by atoms with Gasteiger partial charge < -0.3 is 23.9 Å². The number of aryl methyl sites for hydroxylation is 1. The summed E-state index contributed by atoms with van der Waals surface area (Å²) in [5.41, 5.74) is 2.28. The molecule has 0 aliphatic carbocycles. The van der Waals surface area contributed by atoms with Gasteiger partial charge in [0.25, 0.3) is 0 Å². The number of aromatic nitrogens is 1. The van der Waals surface area contributed by atoms with E-state index in [9.17, 15) is 14.7 Å². The molecule has 0 bridgehead atoms. The van der Waals surface area contributed by atoms with E-state index in [4.69, 9.17) is 14.2 Å². The highest BCUT2D eigenvalue weighted by molar-refractivity contribution is 6.01. The minimum absolute atomic E-state index is 0.0454. The lowest BCUT2D eigenvalue weighted by Gasteiger charge is -2.14. The Balaban J connectivity index is 1.67. The fraction of sp³-hybridized carbons (Fsp3) is 0.429. The van der Waals surface area contributed by atoms with Crippen LogP contribution < -0.4 is 4.74 Å². The summed E-state index contributed by atoms with van der Waals surface area (Å²) < 4.78 is 17.9. The first kappa shape index (κ1) is 19.9. The van der Waals surface area contributed by atoms with Gasteiger partial charge in [-0.25, -0.2) is 4.79 Å². The van der Waals surface area contributed by atoms with E-state index in [-0.39, 0.29) is 23.2 Å². The zero-order valence-corrected chi connectivity index (χ0v) is 16.4. The van der Waals surface area contributed by atoms with Crippen molar-refractivity contribution in [1.29, 1.82) is 0 Å². The van der Waals surface area contributed by atoms with Crippen LogP contribution >= 0.6 is 0 Å². The highest BCUT2D eigenvalue weighted by Crippen LogP contribution is 2.24. The number of Topliss-reactive ketones (excluding diaryl/α,β-unsaturated/α-hetero) is 1. The van der Waals surface area contributed by atoms with Crippen LogP contribution in [0.5, 0.6) is 11.5 Å². The Morgan fingerprint density at radius 1 is 1.25 bits per heavy atom. The van der Waals surface area contributed by atoms with Gasteiger partial charge in [-0.2, -0.15) is 0 Å². The van der Waals surface area contributed by atoms with E-state index in [0.717, 1.165) is 30.8 Å². The molecule has 1 fully saturated rings. The van der Waals surface area contributed by atoms with E-state index in [2.05, 4.69) is 4.57 Å². The molecule has 3 rings (SSSR count). The smallest absolute Gasteiger partial charge is 0.342 e. The number of phenolic OH excluding ortho intramolecular Hbond substituents is 1. The number of phenols is 1. The summed E-state index contributed by atoms with van der Waals surface area (Å²) in [6.07, 6.45) is 2.24. The van der Waals surface area contributed by atoms with Gasteiger partial charge in [-0.3, -0.25) is 4.79 Å². The van der Waals surface area contributed by atoms with Gasteiger partial charge in [0.05, 0.1) is 13.2 Å². The van der Waals surface area contributed by atoms with Gasteiger partial charge >= 0.3 is 5.97 Å². The summed E-state index contributed by atoms with van der Waals surface area (Å²) in [7, 11) is 1.46. The minimum atomic E-state index is -0.780. The van der Waals surface area contributed by atoms with Gasteiger partial charge in [-0.15, -0.1) is 0 Å². The van der Waals surface area contributed by atoms with Crippen molar-refractivity contribution in [3.05, 3.63) is 46.8 Å². The summed E-state index contributed by atoms with van der Waals surface area (Å²) in [6.45, 7) is 4.91. The van der Waals surface area contributed by atoms with E-state index in [1.54, 1.807) is 0 Å². The number of carbonyl (C=O) groups is 2. The molecule has 1 atom stereocenters. The molecule has 0 radical (unpaired) electrons. The van der Waals surface area contributed by atoms with Crippen molar-refractivity contribution >= 4 is 11.8 Å². The molecular weight excluding hydrogens is 362 g/mol. The van der Waals surface area contributed by atoms with Gasteiger partial charge in [-0.1, -0.05) is 0 Å². The number of methoxy groups -OCH3 is 1. The highest BCUT2D eigenvalue weighted by Gasteiger charge is 2.22. The fourth-order valence-corrected chi connectivity index (χ4v) is 3.45. The molecule has 150 valence electrons. The van der Waals surface area contributed by atoms with Crippen LogP contribution in [-0.4, -0.2) is 47.9 Å². The number of carbonyl (C=O) groups excluding carboxylic acids is 2. The molecule has 0 saturated carbocycles. The zero-order chi connectivity index (χ0) is 20.3. The Morgan fingerprint density at radius 3 is 2.71 bits per heavy atom. The van der Waals surface area contributed by atoms with Gasteiger partial charge in [0, 0.05) is 30.1 Å². The number of hydrogen-bond donors (Lipinski definition) is 1. The van der Waals surface area contributed by atoms with Crippen molar-refractivity contribution < 1.29 is 28.9 Å². The predicted molar refractivity (Wildman–Crippen MR) is 102 cm³/mol. The second-order valence-electron chi connectivity index (χ2n) is 6.91. The molecule has 1 aromatic heterocycles. The zero-order valence-electron chi connectivity index (χ0n) is 16.4. The maximum atomic E-state index is 12.6. The largest absolute Gasteiger partial charge is 0.507 e. The SMILES string of the molecule is COc1ccc(O)c(C(=O)OCC(=O)c2cc(C)n(C[C@@H]3CCCO3)c2C)c1. The van der Waals surface area contributed by atoms with Gasteiger partial charge in [0.2, 0.25) is 5.78 Å². The molecule has 2 heterocycles. The standard InChI is InChI=1S/C21H25NO6/c1-13-9-17(14(2)22(13)11-16-5-4-8-27-16)20(24)12-28-21(25)18-10-15(26-3)6-7-19(18)23/h6-7,9-10,16,23H,4-5,8,11-12H2,1-3H3/t16-/m0/s1. The Morgan fingerprint density at radius 2 is 2.04 bits per heavy atom. The fourth-order valence-electron chi connectivity index (χ4n) is 3.45. The lowest BCUT2D eigenvalue weighted by molar-refractivity contribution is 0.0471. The summed E-state index contributed by atoms with van der Waals surface area (Å²) in [5.74, 6) is -0.887. The number of esters is 1. The van der Waals surface area contributed by atoms with E-state index in [1.807, 2.05) is 19.9 Å². The number of ether oxygens (including phenoxy) is 3. The summed E-state index contributed by atoms with van der Waals surface area (Å²) in [4.78, 5) is 24.8. The number of rotatable bonds is 7. The number of ketones is 1. The molecule has 0 spiro atoms. The van der Waals surface area contributed by atoms with E-state index >= 15 is 0 Å². The second-order valence-corrected chi connectivity index (χ2v) is 6.91. The number of nitrogens with zero attached hydrogens (tertiary/aromatic N) is 1. The van der Waals surface area contributed by atoms with Crippen LogP contribution in [0, 0.1) is 13.8 Å². The monoisotopic (exact) mass is 387 g/mol. The molecule has 0 unspecified atom stereocenters. The van der Waals surface area contributed by atoms with Crippen LogP contribution in [0.15, 0.2) is 24.3 Å². The number of hydrogen-bond acceptors (Lipinski definition) is 6. The minimum Gasteiger partial charge on any atom is -0.507 e.